The molecule has 0 spiro atoms. The number of rotatable bonds is 6. The molecule has 0 bridgehead atoms. The van der Waals surface area contributed by atoms with Gasteiger partial charge in [0.1, 0.15) is 11.5 Å². The number of benzene rings is 1. The molecule has 0 fully saturated rings. The predicted molar refractivity (Wildman–Crippen MR) is 59.4 cm³/mol. The lowest BCUT2D eigenvalue weighted by Gasteiger charge is -2.14. The highest BCUT2D eigenvalue weighted by Gasteiger charge is 2.15. The SMILES string of the molecule is COC(CNc1ccc(F)cc1[N+](=O)[O-])OC. The van der Waals surface area contributed by atoms with Crippen molar-refractivity contribution in [1.29, 1.82) is 0 Å². The topological polar surface area (TPSA) is 73.6 Å². The third-order valence-electron chi connectivity index (χ3n) is 2.14. The first-order valence-electron chi connectivity index (χ1n) is 4.82. The molecule has 1 rings (SSSR count). The highest BCUT2D eigenvalue weighted by atomic mass is 19.1. The molecule has 17 heavy (non-hydrogen) atoms. The van der Waals surface area contributed by atoms with Gasteiger partial charge in [0, 0.05) is 14.2 Å². The number of ether oxygens (including phenoxy) is 2. The number of hydrogen-bond acceptors (Lipinski definition) is 5. The zero-order valence-electron chi connectivity index (χ0n) is 9.47. The standard InChI is InChI=1S/C10H13FN2O4/c1-16-10(17-2)6-12-8-4-3-7(11)5-9(8)13(14)15/h3-5,10,12H,6H2,1-2H3. The van der Waals surface area contributed by atoms with Crippen molar-refractivity contribution in [2.24, 2.45) is 0 Å². The van der Waals surface area contributed by atoms with E-state index in [0.717, 1.165) is 12.1 Å². The fraction of sp³-hybridized carbons (Fsp3) is 0.400. The summed E-state index contributed by atoms with van der Waals surface area (Å²) >= 11 is 0. The van der Waals surface area contributed by atoms with Crippen LogP contribution in [0.2, 0.25) is 0 Å². The van der Waals surface area contributed by atoms with Crippen LogP contribution in [0.4, 0.5) is 15.8 Å². The lowest BCUT2D eigenvalue weighted by Crippen LogP contribution is -2.23. The molecule has 0 heterocycles. The number of hydrogen-bond donors (Lipinski definition) is 1. The summed E-state index contributed by atoms with van der Waals surface area (Å²) < 4.78 is 22.7. The molecule has 0 saturated heterocycles. The van der Waals surface area contributed by atoms with Crippen LogP contribution in [0, 0.1) is 15.9 Å². The number of nitro benzene ring substituents is 1. The third kappa shape index (κ3) is 3.65. The minimum atomic E-state index is -0.655. The van der Waals surface area contributed by atoms with Crippen molar-refractivity contribution in [2.45, 2.75) is 6.29 Å². The van der Waals surface area contributed by atoms with E-state index in [1.54, 1.807) is 0 Å². The summed E-state index contributed by atoms with van der Waals surface area (Å²) in [6.07, 6.45) is -0.528. The minimum Gasteiger partial charge on any atom is -0.374 e. The van der Waals surface area contributed by atoms with Gasteiger partial charge < -0.3 is 14.8 Å². The van der Waals surface area contributed by atoms with Crippen molar-refractivity contribution in [1.82, 2.24) is 0 Å². The normalized spacial score (nSPS) is 10.6. The fourth-order valence-corrected chi connectivity index (χ4v) is 1.26. The first-order valence-corrected chi connectivity index (χ1v) is 4.82. The summed E-state index contributed by atoms with van der Waals surface area (Å²) in [4.78, 5) is 10.0. The molecular weight excluding hydrogens is 231 g/mol. The Morgan fingerprint density at radius 2 is 2.12 bits per heavy atom. The van der Waals surface area contributed by atoms with Crippen LogP contribution in [0.25, 0.3) is 0 Å². The molecule has 6 nitrogen and oxygen atoms in total. The van der Waals surface area contributed by atoms with Gasteiger partial charge in [-0.25, -0.2) is 4.39 Å². The molecule has 0 amide bonds. The Labute approximate surface area is 97.5 Å². The van der Waals surface area contributed by atoms with Crippen LogP contribution in [0.3, 0.4) is 0 Å². The number of nitrogens with zero attached hydrogens (tertiary/aromatic N) is 1. The fourth-order valence-electron chi connectivity index (χ4n) is 1.26. The van der Waals surface area contributed by atoms with Crippen molar-refractivity contribution >= 4 is 11.4 Å². The highest BCUT2D eigenvalue weighted by Crippen LogP contribution is 2.24. The average molecular weight is 244 g/mol. The predicted octanol–water partition coefficient (Wildman–Crippen LogP) is 1.76. The second-order valence-corrected chi connectivity index (χ2v) is 3.20. The molecule has 0 aliphatic heterocycles. The van der Waals surface area contributed by atoms with Gasteiger partial charge in [-0.05, 0) is 12.1 Å². The van der Waals surface area contributed by atoms with Gasteiger partial charge in [0.25, 0.3) is 5.69 Å². The van der Waals surface area contributed by atoms with Crippen molar-refractivity contribution < 1.29 is 18.8 Å². The molecule has 0 aliphatic carbocycles. The van der Waals surface area contributed by atoms with Gasteiger partial charge in [0.2, 0.25) is 0 Å². The third-order valence-corrected chi connectivity index (χ3v) is 2.14. The minimum absolute atomic E-state index is 0.218. The van der Waals surface area contributed by atoms with Gasteiger partial charge in [-0.2, -0.15) is 0 Å². The van der Waals surface area contributed by atoms with Gasteiger partial charge >= 0.3 is 0 Å². The Morgan fingerprint density at radius 3 is 2.65 bits per heavy atom. The first kappa shape index (κ1) is 13.3. The second kappa shape index (κ2) is 6.12. The number of halogens is 1. The van der Waals surface area contributed by atoms with E-state index < -0.39 is 17.0 Å². The molecule has 0 atom stereocenters. The van der Waals surface area contributed by atoms with Crippen LogP contribution in [0.5, 0.6) is 0 Å². The monoisotopic (exact) mass is 244 g/mol. The Hall–Kier alpha value is -1.73. The largest absolute Gasteiger partial charge is 0.374 e. The maximum atomic E-state index is 12.9. The smallest absolute Gasteiger partial charge is 0.295 e. The lowest BCUT2D eigenvalue weighted by atomic mass is 10.2. The molecule has 1 aromatic rings. The molecule has 0 saturated carbocycles. The van der Waals surface area contributed by atoms with Gasteiger partial charge in [0.05, 0.1) is 17.5 Å². The van der Waals surface area contributed by atoms with Gasteiger partial charge in [-0.3, -0.25) is 10.1 Å². The Bertz CT molecular complexity index is 396. The van der Waals surface area contributed by atoms with Crippen molar-refractivity contribution in [2.75, 3.05) is 26.1 Å². The number of methoxy groups -OCH3 is 2. The lowest BCUT2D eigenvalue weighted by molar-refractivity contribution is -0.384. The summed E-state index contributed by atoms with van der Waals surface area (Å²) in [5.41, 5.74) is -0.105. The van der Waals surface area contributed by atoms with E-state index in [1.807, 2.05) is 0 Å². The van der Waals surface area contributed by atoms with E-state index in [2.05, 4.69) is 5.32 Å². The van der Waals surface area contributed by atoms with Crippen LogP contribution < -0.4 is 5.32 Å². The number of anilines is 1. The van der Waals surface area contributed by atoms with E-state index in [9.17, 15) is 14.5 Å². The quantitative estimate of drug-likeness (QED) is 0.469. The van der Waals surface area contributed by atoms with Gasteiger partial charge in [-0.1, -0.05) is 0 Å². The highest BCUT2D eigenvalue weighted by molar-refractivity contribution is 5.61. The first-order chi connectivity index (χ1) is 8.08. The Morgan fingerprint density at radius 1 is 1.47 bits per heavy atom. The molecular formula is C10H13FN2O4. The van der Waals surface area contributed by atoms with E-state index in [0.29, 0.717) is 0 Å². The average Bonchev–Trinajstić information content (AvgIpc) is 2.31. The number of nitro groups is 1. The summed E-state index contributed by atoms with van der Waals surface area (Å²) in [7, 11) is 2.91. The van der Waals surface area contributed by atoms with Crippen LogP contribution >= 0.6 is 0 Å². The van der Waals surface area contributed by atoms with Crippen molar-refractivity contribution in [3.05, 3.63) is 34.1 Å². The maximum absolute atomic E-state index is 12.9. The summed E-state index contributed by atoms with van der Waals surface area (Å²) in [6, 6.07) is 3.30. The van der Waals surface area contributed by atoms with Crippen molar-refractivity contribution in [3.8, 4) is 0 Å². The molecule has 94 valence electrons. The molecule has 0 unspecified atom stereocenters. The molecule has 0 radical (unpaired) electrons. The Balaban J connectivity index is 2.80. The summed E-state index contributed by atoms with van der Waals surface area (Å²) in [6.45, 7) is 0.222. The molecule has 0 aromatic heterocycles. The van der Waals surface area contributed by atoms with E-state index in [4.69, 9.17) is 9.47 Å². The van der Waals surface area contributed by atoms with Crippen LogP contribution in [-0.2, 0) is 9.47 Å². The summed E-state index contributed by atoms with van der Waals surface area (Å²) in [5.74, 6) is -0.655. The van der Waals surface area contributed by atoms with Gasteiger partial charge in [0.15, 0.2) is 6.29 Å². The van der Waals surface area contributed by atoms with E-state index >= 15 is 0 Å². The van der Waals surface area contributed by atoms with Crippen LogP contribution in [-0.4, -0.2) is 32.0 Å². The second-order valence-electron chi connectivity index (χ2n) is 3.20. The van der Waals surface area contributed by atoms with Crippen LogP contribution in [0.15, 0.2) is 18.2 Å². The summed E-state index contributed by atoms with van der Waals surface area (Å²) in [5, 5.41) is 13.5. The zero-order valence-corrected chi connectivity index (χ0v) is 9.47. The van der Waals surface area contributed by atoms with E-state index in [1.165, 1.54) is 20.3 Å². The van der Waals surface area contributed by atoms with Crippen molar-refractivity contribution in [3.63, 3.8) is 0 Å². The van der Waals surface area contributed by atoms with Crippen LogP contribution in [0.1, 0.15) is 0 Å². The molecule has 0 aliphatic rings. The van der Waals surface area contributed by atoms with Gasteiger partial charge in [-0.15, -0.1) is 0 Å². The molecule has 1 aromatic carbocycles. The van der Waals surface area contributed by atoms with E-state index in [-0.39, 0.29) is 17.9 Å². The zero-order chi connectivity index (χ0) is 12.8. The Kier molecular flexibility index (Phi) is 4.80. The number of nitrogens with one attached hydrogen (secondary N) is 1. The maximum Gasteiger partial charge on any atom is 0.295 e. The molecule has 1 N–H and O–H groups in total. The molecule has 7 heteroatoms.